The van der Waals surface area contributed by atoms with Gasteiger partial charge in [0, 0.05) is 0 Å². The zero-order valence-corrected chi connectivity index (χ0v) is 9.73. The standard InChI is InChI=1S/C11H18N2O3/c1-13(6-3-5-12)8-10-9(4-7-16-10)11(14)15-2/h4,7H,3,5-6,8,12H2,1-2H3. The first-order valence-corrected chi connectivity index (χ1v) is 5.22. The molecule has 0 amide bonds. The van der Waals surface area contributed by atoms with Crippen molar-refractivity contribution in [3.8, 4) is 0 Å². The van der Waals surface area contributed by atoms with Crippen molar-refractivity contribution < 1.29 is 13.9 Å². The van der Waals surface area contributed by atoms with Crippen molar-refractivity contribution in [2.24, 2.45) is 5.73 Å². The first-order chi connectivity index (χ1) is 7.69. The summed E-state index contributed by atoms with van der Waals surface area (Å²) in [5.74, 6) is 0.266. The number of carbonyl (C=O) groups is 1. The van der Waals surface area contributed by atoms with Crippen molar-refractivity contribution in [1.29, 1.82) is 0 Å². The maximum atomic E-state index is 11.4. The molecule has 0 atom stereocenters. The van der Waals surface area contributed by atoms with E-state index >= 15 is 0 Å². The summed E-state index contributed by atoms with van der Waals surface area (Å²) >= 11 is 0. The van der Waals surface area contributed by atoms with E-state index in [9.17, 15) is 4.79 Å². The van der Waals surface area contributed by atoms with E-state index < -0.39 is 0 Å². The highest BCUT2D eigenvalue weighted by atomic mass is 16.5. The minimum absolute atomic E-state index is 0.365. The normalized spacial score (nSPS) is 10.8. The van der Waals surface area contributed by atoms with Gasteiger partial charge in [0.05, 0.1) is 19.9 Å². The number of nitrogens with zero attached hydrogens (tertiary/aromatic N) is 1. The third kappa shape index (κ3) is 3.36. The summed E-state index contributed by atoms with van der Waals surface area (Å²) in [7, 11) is 3.32. The molecule has 0 unspecified atom stereocenters. The molecule has 2 N–H and O–H groups in total. The Kier molecular flexibility index (Phi) is 5.01. The molecule has 16 heavy (non-hydrogen) atoms. The molecule has 1 heterocycles. The lowest BCUT2D eigenvalue weighted by molar-refractivity contribution is 0.0596. The molecular weight excluding hydrogens is 208 g/mol. The molecule has 0 bridgehead atoms. The predicted octanol–water partition coefficient (Wildman–Crippen LogP) is 0.847. The van der Waals surface area contributed by atoms with Crippen LogP contribution < -0.4 is 5.73 Å². The molecule has 0 aliphatic carbocycles. The van der Waals surface area contributed by atoms with E-state index in [4.69, 9.17) is 10.2 Å². The minimum Gasteiger partial charge on any atom is -0.467 e. The Bertz CT molecular complexity index is 336. The van der Waals surface area contributed by atoms with Gasteiger partial charge in [-0.2, -0.15) is 0 Å². The molecule has 0 aromatic carbocycles. The van der Waals surface area contributed by atoms with Gasteiger partial charge in [-0.1, -0.05) is 0 Å². The van der Waals surface area contributed by atoms with Crippen molar-refractivity contribution in [2.75, 3.05) is 27.2 Å². The fraction of sp³-hybridized carbons (Fsp3) is 0.545. The molecule has 1 aromatic heterocycles. The Morgan fingerprint density at radius 2 is 2.38 bits per heavy atom. The second kappa shape index (κ2) is 6.30. The number of nitrogens with two attached hydrogens (primary N) is 1. The summed E-state index contributed by atoms with van der Waals surface area (Å²) in [6, 6.07) is 1.62. The Labute approximate surface area is 95.2 Å². The number of ether oxygens (including phenoxy) is 1. The van der Waals surface area contributed by atoms with Crippen LogP contribution in [0.5, 0.6) is 0 Å². The van der Waals surface area contributed by atoms with Gasteiger partial charge in [-0.25, -0.2) is 4.79 Å². The van der Waals surface area contributed by atoms with Gasteiger partial charge in [0.25, 0.3) is 0 Å². The summed E-state index contributed by atoms with van der Waals surface area (Å²) in [4.78, 5) is 13.4. The van der Waals surface area contributed by atoms with E-state index in [1.807, 2.05) is 7.05 Å². The first kappa shape index (κ1) is 12.7. The molecule has 0 aliphatic rings. The van der Waals surface area contributed by atoms with E-state index in [0.29, 0.717) is 24.4 Å². The van der Waals surface area contributed by atoms with Gasteiger partial charge < -0.3 is 14.9 Å². The van der Waals surface area contributed by atoms with Gasteiger partial charge >= 0.3 is 5.97 Å². The fourth-order valence-corrected chi connectivity index (χ4v) is 1.44. The van der Waals surface area contributed by atoms with E-state index in [1.165, 1.54) is 13.4 Å². The molecular formula is C11H18N2O3. The Morgan fingerprint density at radius 3 is 3.00 bits per heavy atom. The first-order valence-electron chi connectivity index (χ1n) is 5.22. The lowest BCUT2D eigenvalue weighted by atomic mass is 10.2. The van der Waals surface area contributed by atoms with Gasteiger partial charge in [-0.15, -0.1) is 0 Å². The summed E-state index contributed by atoms with van der Waals surface area (Å²) in [5, 5.41) is 0. The molecule has 1 rings (SSSR count). The maximum absolute atomic E-state index is 11.4. The molecule has 0 aliphatic heterocycles. The van der Waals surface area contributed by atoms with E-state index in [1.54, 1.807) is 6.07 Å². The van der Waals surface area contributed by atoms with Crippen LogP contribution >= 0.6 is 0 Å². The average molecular weight is 226 g/mol. The van der Waals surface area contributed by atoms with Crippen LogP contribution in [-0.2, 0) is 11.3 Å². The van der Waals surface area contributed by atoms with Crippen LogP contribution in [0.3, 0.4) is 0 Å². The van der Waals surface area contributed by atoms with Gasteiger partial charge in [0.15, 0.2) is 0 Å². The number of rotatable bonds is 6. The van der Waals surface area contributed by atoms with Crippen LogP contribution in [0.4, 0.5) is 0 Å². The summed E-state index contributed by atoms with van der Waals surface area (Å²) in [5.41, 5.74) is 5.91. The molecule has 5 heteroatoms. The number of methoxy groups -OCH3 is 1. The highest BCUT2D eigenvalue weighted by Gasteiger charge is 2.15. The topological polar surface area (TPSA) is 68.7 Å². The minimum atomic E-state index is -0.365. The van der Waals surface area contributed by atoms with Crippen molar-refractivity contribution in [3.05, 3.63) is 23.7 Å². The molecule has 0 saturated carbocycles. The van der Waals surface area contributed by atoms with E-state index in [-0.39, 0.29) is 5.97 Å². The lowest BCUT2D eigenvalue weighted by Crippen LogP contribution is -2.22. The summed E-state index contributed by atoms with van der Waals surface area (Å²) in [6.45, 7) is 2.11. The summed E-state index contributed by atoms with van der Waals surface area (Å²) in [6.07, 6.45) is 2.42. The Morgan fingerprint density at radius 1 is 1.62 bits per heavy atom. The van der Waals surface area contributed by atoms with Gasteiger partial charge in [0.1, 0.15) is 11.3 Å². The number of hydrogen-bond acceptors (Lipinski definition) is 5. The van der Waals surface area contributed by atoms with Crippen LogP contribution in [-0.4, -0.2) is 38.1 Å². The molecule has 5 nitrogen and oxygen atoms in total. The zero-order valence-electron chi connectivity index (χ0n) is 9.73. The van der Waals surface area contributed by atoms with Crippen LogP contribution in [0.15, 0.2) is 16.7 Å². The van der Waals surface area contributed by atoms with Crippen LogP contribution in [0.2, 0.25) is 0 Å². The van der Waals surface area contributed by atoms with Crippen molar-refractivity contribution >= 4 is 5.97 Å². The highest BCUT2D eigenvalue weighted by molar-refractivity contribution is 5.90. The van der Waals surface area contributed by atoms with Gasteiger partial charge in [-0.05, 0) is 32.6 Å². The van der Waals surface area contributed by atoms with Crippen molar-refractivity contribution in [3.63, 3.8) is 0 Å². The van der Waals surface area contributed by atoms with E-state index in [2.05, 4.69) is 9.64 Å². The smallest absolute Gasteiger partial charge is 0.341 e. The van der Waals surface area contributed by atoms with Gasteiger partial charge in [0.2, 0.25) is 0 Å². The predicted molar refractivity (Wildman–Crippen MR) is 60.1 cm³/mol. The molecule has 0 spiro atoms. The average Bonchev–Trinajstić information content (AvgIpc) is 2.73. The van der Waals surface area contributed by atoms with Crippen LogP contribution in [0.1, 0.15) is 22.5 Å². The quantitative estimate of drug-likeness (QED) is 0.728. The largest absolute Gasteiger partial charge is 0.467 e. The molecule has 90 valence electrons. The van der Waals surface area contributed by atoms with Crippen LogP contribution in [0.25, 0.3) is 0 Å². The molecule has 0 saturated heterocycles. The number of esters is 1. The highest BCUT2D eigenvalue weighted by Crippen LogP contribution is 2.13. The third-order valence-corrected chi connectivity index (χ3v) is 2.31. The fourth-order valence-electron chi connectivity index (χ4n) is 1.44. The second-order valence-electron chi connectivity index (χ2n) is 3.63. The van der Waals surface area contributed by atoms with Crippen molar-refractivity contribution in [1.82, 2.24) is 4.90 Å². The summed E-state index contributed by atoms with van der Waals surface area (Å²) < 4.78 is 9.93. The third-order valence-electron chi connectivity index (χ3n) is 2.31. The lowest BCUT2D eigenvalue weighted by Gasteiger charge is -2.14. The Balaban J connectivity index is 2.59. The number of hydrogen-bond donors (Lipinski definition) is 1. The monoisotopic (exact) mass is 226 g/mol. The zero-order chi connectivity index (χ0) is 12.0. The van der Waals surface area contributed by atoms with Crippen LogP contribution in [0, 0.1) is 0 Å². The van der Waals surface area contributed by atoms with Crippen molar-refractivity contribution in [2.45, 2.75) is 13.0 Å². The van der Waals surface area contributed by atoms with Gasteiger partial charge in [-0.3, -0.25) is 4.90 Å². The molecule has 1 aromatic rings. The second-order valence-corrected chi connectivity index (χ2v) is 3.63. The molecule has 0 fully saturated rings. The number of carbonyl (C=O) groups excluding carboxylic acids is 1. The Hall–Kier alpha value is -1.33. The number of furan rings is 1. The molecule has 0 radical (unpaired) electrons. The SMILES string of the molecule is COC(=O)c1ccoc1CN(C)CCCN. The van der Waals surface area contributed by atoms with E-state index in [0.717, 1.165) is 13.0 Å². The maximum Gasteiger partial charge on any atom is 0.341 e.